The van der Waals surface area contributed by atoms with Crippen LogP contribution < -0.4 is 17.0 Å². The van der Waals surface area contributed by atoms with Gasteiger partial charge in [0, 0.05) is 6.42 Å². The Hall–Kier alpha value is -3.48. The van der Waals surface area contributed by atoms with Gasteiger partial charge >= 0.3 is 11.7 Å². The maximum Gasteiger partial charge on any atom is 0.336 e. The number of imidazole rings is 1. The van der Waals surface area contributed by atoms with E-state index in [0.717, 1.165) is 9.13 Å². The number of hydrogen-bond donors (Lipinski definition) is 5. The fraction of sp³-hybridized carbons (Fsp3) is 0.333. The monoisotopic (exact) mass is 417 g/mol. The third-order valence-corrected chi connectivity index (χ3v) is 5.03. The lowest BCUT2D eigenvalue weighted by atomic mass is 10.1. The van der Waals surface area contributed by atoms with Crippen LogP contribution in [0.4, 0.5) is 5.95 Å². The number of aliphatic hydroxyl groups excluding tert-OH is 2. The molecule has 4 rings (SSSR count). The van der Waals surface area contributed by atoms with Gasteiger partial charge in [-0.1, -0.05) is 18.2 Å². The van der Waals surface area contributed by atoms with Crippen molar-refractivity contribution in [3.05, 3.63) is 56.2 Å². The number of aliphatic hydroxyl groups is 2. The van der Waals surface area contributed by atoms with E-state index >= 15 is 0 Å². The van der Waals surface area contributed by atoms with Crippen LogP contribution >= 0.6 is 0 Å². The van der Waals surface area contributed by atoms with Crippen molar-refractivity contribution in [2.24, 2.45) is 0 Å². The van der Waals surface area contributed by atoms with Crippen molar-refractivity contribution < 1.29 is 24.9 Å². The van der Waals surface area contributed by atoms with Gasteiger partial charge in [0.25, 0.3) is 5.56 Å². The fourth-order valence-electron chi connectivity index (χ4n) is 3.69. The second-order valence-corrected chi connectivity index (χ2v) is 6.96. The Kier molecular flexibility index (Phi) is 4.89. The van der Waals surface area contributed by atoms with Gasteiger partial charge in [-0.3, -0.25) is 14.3 Å². The molecule has 1 aliphatic heterocycles. The molecule has 3 atom stereocenters. The SMILES string of the molecule is Nc1nc2c(c(=O)[nH]1)n(Cc1ccccc1C(=O)O)c(=O)n2[C@@H]1O[C@H](CO)C[C@H]1O. The summed E-state index contributed by atoms with van der Waals surface area (Å²) in [5, 5.41) is 29.1. The Balaban J connectivity index is 1.94. The molecule has 0 bridgehead atoms. The van der Waals surface area contributed by atoms with Gasteiger partial charge < -0.3 is 25.8 Å². The fourth-order valence-corrected chi connectivity index (χ4v) is 3.69. The average Bonchev–Trinajstić information content (AvgIpc) is 3.19. The molecular formula is C18H19N5O7. The van der Waals surface area contributed by atoms with Crippen molar-refractivity contribution in [1.82, 2.24) is 19.1 Å². The zero-order valence-electron chi connectivity index (χ0n) is 15.6. The van der Waals surface area contributed by atoms with E-state index in [4.69, 9.17) is 10.5 Å². The molecule has 0 amide bonds. The number of ether oxygens (including phenoxy) is 1. The number of carboxylic acids is 1. The van der Waals surface area contributed by atoms with E-state index in [9.17, 15) is 29.7 Å². The predicted octanol–water partition coefficient (Wildman–Crippen LogP) is -1.14. The molecule has 0 saturated carbocycles. The van der Waals surface area contributed by atoms with Gasteiger partial charge in [-0.05, 0) is 11.6 Å². The lowest BCUT2D eigenvalue weighted by Crippen LogP contribution is -2.32. The molecule has 3 heterocycles. The number of nitrogens with two attached hydrogens (primary N) is 1. The number of H-pyrrole nitrogens is 1. The Morgan fingerprint density at radius 1 is 1.33 bits per heavy atom. The average molecular weight is 417 g/mol. The molecule has 6 N–H and O–H groups in total. The van der Waals surface area contributed by atoms with Gasteiger partial charge in [0.05, 0.1) is 24.8 Å². The number of aromatic nitrogens is 4. The topological polar surface area (TPSA) is 186 Å². The Morgan fingerprint density at radius 2 is 2.07 bits per heavy atom. The van der Waals surface area contributed by atoms with E-state index in [1.165, 1.54) is 12.1 Å². The first-order valence-corrected chi connectivity index (χ1v) is 9.08. The van der Waals surface area contributed by atoms with E-state index in [1.54, 1.807) is 12.1 Å². The quantitative estimate of drug-likeness (QED) is 0.342. The predicted molar refractivity (Wildman–Crippen MR) is 103 cm³/mol. The number of nitrogens with zero attached hydrogens (tertiary/aromatic N) is 3. The maximum atomic E-state index is 13.3. The largest absolute Gasteiger partial charge is 0.478 e. The molecule has 0 radical (unpaired) electrons. The van der Waals surface area contributed by atoms with E-state index in [2.05, 4.69) is 9.97 Å². The highest BCUT2D eigenvalue weighted by atomic mass is 16.5. The molecule has 1 aromatic carbocycles. The smallest absolute Gasteiger partial charge is 0.336 e. The Morgan fingerprint density at radius 3 is 2.73 bits per heavy atom. The number of carboxylic acid groups (broad SMARTS) is 1. The van der Waals surface area contributed by atoms with Gasteiger partial charge in [-0.2, -0.15) is 4.98 Å². The van der Waals surface area contributed by atoms with Crippen molar-refractivity contribution in [3.63, 3.8) is 0 Å². The minimum atomic E-state index is -1.19. The molecule has 158 valence electrons. The zero-order chi connectivity index (χ0) is 21.6. The van der Waals surface area contributed by atoms with Crippen LogP contribution in [0.5, 0.6) is 0 Å². The number of fused-ring (bicyclic) bond motifs is 1. The number of aromatic carboxylic acids is 1. The van der Waals surface area contributed by atoms with Crippen molar-refractivity contribution in [2.75, 3.05) is 12.3 Å². The molecule has 12 heteroatoms. The Bertz CT molecular complexity index is 1240. The standard InChI is InChI=1S/C18H19N5O7/c19-17-20-13-12(14(26)21-17)22(6-8-3-1-2-4-10(8)16(27)28)18(29)23(13)15-11(25)5-9(7-24)30-15/h1-4,9,11,15,24-25H,5-7H2,(H,27,28)(H3,19,20,21,26)/t9-,11+,15+/m0/s1. The van der Waals surface area contributed by atoms with Crippen LogP contribution in [0.3, 0.4) is 0 Å². The van der Waals surface area contributed by atoms with E-state index in [1.807, 2.05) is 0 Å². The van der Waals surface area contributed by atoms with E-state index in [0.29, 0.717) is 5.56 Å². The molecule has 30 heavy (non-hydrogen) atoms. The minimum Gasteiger partial charge on any atom is -0.478 e. The summed E-state index contributed by atoms with van der Waals surface area (Å²) in [5.41, 5.74) is 4.22. The number of carbonyl (C=O) groups is 1. The molecule has 0 unspecified atom stereocenters. The van der Waals surface area contributed by atoms with Crippen LogP contribution in [0.15, 0.2) is 33.9 Å². The summed E-state index contributed by atoms with van der Waals surface area (Å²) in [6.07, 6.45) is -2.93. The summed E-state index contributed by atoms with van der Waals surface area (Å²) in [5.74, 6) is -1.42. The highest BCUT2D eigenvalue weighted by molar-refractivity contribution is 5.89. The number of anilines is 1. The summed E-state index contributed by atoms with van der Waals surface area (Å²) in [4.78, 5) is 43.8. The first kappa shape index (κ1) is 19.8. The molecule has 0 spiro atoms. The number of hydrogen-bond acceptors (Lipinski definition) is 8. The molecule has 2 aromatic heterocycles. The number of nitrogen functional groups attached to an aromatic ring is 1. The molecular weight excluding hydrogens is 398 g/mol. The lowest BCUT2D eigenvalue weighted by Gasteiger charge is -2.15. The number of rotatable bonds is 5. The number of nitrogens with one attached hydrogen (secondary N) is 1. The molecule has 3 aromatic rings. The van der Waals surface area contributed by atoms with Crippen molar-refractivity contribution in [1.29, 1.82) is 0 Å². The van der Waals surface area contributed by atoms with E-state index < -0.39 is 35.7 Å². The minimum absolute atomic E-state index is 0.0253. The van der Waals surface area contributed by atoms with Crippen molar-refractivity contribution in [3.8, 4) is 0 Å². The molecule has 1 fully saturated rings. The van der Waals surface area contributed by atoms with Crippen LogP contribution in [-0.2, 0) is 11.3 Å². The highest BCUT2D eigenvalue weighted by Gasteiger charge is 2.38. The normalized spacial score (nSPS) is 21.3. The van der Waals surface area contributed by atoms with Crippen LogP contribution in [0.2, 0.25) is 0 Å². The van der Waals surface area contributed by atoms with Crippen LogP contribution in [-0.4, -0.2) is 59.2 Å². The summed E-state index contributed by atoms with van der Waals surface area (Å²) in [6, 6.07) is 6.08. The van der Waals surface area contributed by atoms with Gasteiger partial charge in [0.1, 0.15) is 6.10 Å². The second-order valence-electron chi connectivity index (χ2n) is 6.96. The molecule has 0 aliphatic carbocycles. The van der Waals surface area contributed by atoms with Crippen LogP contribution in [0.25, 0.3) is 11.2 Å². The second kappa shape index (κ2) is 7.40. The van der Waals surface area contributed by atoms with E-state index in [-0.39, 0.29) is 42.2 Å². The molecule has 1 aliphatic rings. The van der Waals surface area contributed by atoms with Gasteiger partial charge in [-0.15, -0.1) is 0 Å². The van der Waals surface area contributed by atoms with Gasteiger partial charge in [-0.25, -0.2) is 14.2 Å². The molecule has 12 nitrogen and oxygen atoms in total. The lowest BCUT2D eigenvalue weighted by molar-refractivity contribution is -0.0505. The number of benzene rings is 1. The zero-order valence-corrected chi connectivity index (χ0v) is 15.6. The summed E-state index contributed by atoms with van der Waals surface area (Å²) in [7, 11) is 0. The third kappa shape index (κ3) is 3.16. The number of aromatic amines is 1. The summed E-state index contributed by atoms with van der Waals surface area (Å²) < 4.78 is 7.63. The summed E-state index contributed by atoms with van der Waals surface area (Å²) in [6.45, 7) is -0.588. The maximum absolute atomic E-state index is 13.3. The first-order chi connectivity index (χ1) is 14.3. The van der Waals surface area contributed by atoms with Gasteiger partial charge in [0.2, 0.25) is 5.95 Å². The van der Waals surface area contributed by atoms with Gasteiger partial charge in [0.15, 0.2) is 17.4 Å². The molecule has 1 saturated heterocycles. The summed E-state index contributed by atoms with van der Waals surface area (Å²) >= 11 is 0. The van der Waals surface area contributed by atoms with Crippen molar-refractivity contribution in [2.45, 2.75) is 31.4 Å². The van der Waals surface area contributed by atoms with Crippen LogP contribution in [0.1, 0.15) is 28.6 Å². The van der Waals surface area contributed by atoms with Crippen LogP contribution in [0, 0.1) is 0 Å². The highest BCUT2D eigenvalue weighted by Crippen LogP contribution is 2.29. The third-order valence-electron chi connectivity index (χ3n) is 5.03. The first-order valence-electron chi connectivity index (χ1n) is 9.08. The Labute approximate surface area is 167 Å². The van der Waals surface area contributed by atoms with Crippen molar-refractivity contribution >= 4 is 23.1 Å².